The molecule has 1 saturated heterocycles. The normalized spacial score (nSPS) is 20.7. The molecule has 5 heteroatoms. The molecular weight excluding hydrogens is 286 g/mol. The molecular formula is C16H20NO3S-. The maximum absolute atomic E-state index is 11.9. The van der Waals surface area contributed by atoms with Crippen LogP contribution in [0.3, 0.4) is 0 Å². The van der Waals surface area contributed by atoms with E-state index < -0.39 is 12.0 Å². The van der Waals surface area contributed by atoms with Crippen LogP contribution in [0.15, 0.2) is 24.3 Å². The molecule has 21 heavy (non-hydrogen) atoms. The highest BCUT2D eigenvalue weighted by atomic mass is 32.2. The molecule has 1 amide bonds. The fraction of sp³-hybridized carbons (Fsp3) is 0.500. The molecule has 0 N–H and O–H groups in total. The average molecular weight is 306 g/mol. The molecule has 2 rings (SSSR count). The summed E-state index contributed by atoms with van der Waals surface area (Å²) in [7, 11) is 0. The zero-order valence-corrected chi connectivity index (χ0v) is 13.6. The summed E-state index contributed by atoms with van der Waals surface area (Å²) in [5.41, 5.74) is 2.22. The molecule has 1 aromatic carbocycles. The second kappa shape index (κ2) is 5.72. The van der Waals surface area contributed by atoms with E-state index in [4.69, 9.17) is 0 Å². The Labute approximate surface area is 129 Å². The van der Waals surface area contributed by atoms with Crippen LogP contribution >= 0.6 is 11.8 Å². The molecule has 0 spiro atoms. The Morgan fingerprint density at radius 2 is 1.90 bits per heavy atom. The fourth-order valence-electron chi connectivity index (χ4n) is 2.37. The molecule has 0 bridgehead atoms. The summed E-state index contributed by atoms with van der Waals surface area (Å²) in [6, 6.07) is 7.12. The minimum Gasteiger partial charge on any atom is -0.548 e. The standard InChI is InChI=1S/C16H21NO3S/c1-10(15(19)20)17-13(18)9-21-14(17)11-5-7-12(8-6-11)16(2,3)4/h5-8,10,14H,9H2,1-4H3,(H,19,20)/p-1/t10-,14-/m1/s1. The Hall–Kier alpha value is -1.49. The monoisotopic (exact) mass is 306 g/mol. The summed E-state index contributed by atoms with van der Waals surface area (Å²) < 4.78 is 0. The van der Waals surface area contributed by atoms with Gasteiger partial charge in [0, 0.05) is 0 Å². The zero-order chi connectivity index (χ0) is 15.8. The van der Waals surface area contributed by atoms with Gasteiger partial charge in [0.05, 0.1) is 17.8 Å². The van der Waals surface area contributed by atoms with Gasteiger partial charge in [-0.3, -0.25) is 4.79 Å². The number of aliphatic carboxylic acids is 1. The van der Waals surface area contributed by atoms with Crippen molar-refractivity contribution < 1.29 is 14.7 Å². The van der Waals surface area contributed by atoms with Crippen molar-refractivity contribution in [1.82, 2.24) is 4.90 Å². The van der Waals surface area contributed by atoms with Gasteiger partial charge in [0.1, 0.15) is 5.37 Å². The van der Waals surface area contributed by atoms with Gasteiger partial charge in [-0.2, -0.15) is 0 Å². The minimum absolute atomic E-state index is 0.0646. The van der Waals surface area contributed by atoms with E-state index in [0.717, 1.165) is 5.56 Å². The highest BCUT2D eigenvalue weighted by molar-refractivity contribution is 8.00. The van der Waals surface area contributed by atoms with Crippen molar-refractivity contribution in [2.24, 2.45) is 0 Å². The molecule has 1 aromatic rings. The van der Waals surface area contributed by atoms with Crippen molar-refractivity contribution in [3.05, 3.63) is 35.4 Å². The molecule has 0 aromatic heterocycles. The third-order valence-corrected chi connectivity index (χ3v) is 4.95. The van der Waals surface area contributed by atoms with Crippen LogP contribution in [0.1, 0.15) is 44.2 Å². The predicted molar refractivity (Wildman–Crippen MR) is 81.7 cm³/mol. The molecule has 1 aliphatic rings. The van der Waals surface area contributed by atoms with E-state index in [0.29, 0.717) is 5.75 Å². The molecule has 1 heterocycles. The SMILES string of the molecule is C[C@H](C(=O)[O-])N1C(=O)CS[C@@H]1c1ccc(C(C)(C)C)cc1. The van der Waals surface area contributed by atoms with Gasteiger partial charge in [-0.15, -0.1) is 11.8 Å². The molecule has 4 nitrogen and oxygen atoms in total. The first-order chi connectivity index (χ1) is 9.71. The summed E-state index contributed by atoms with van der Waals surface area (Å²) in [4.78, 5) is 24.4. The summed E-state index contributed by atoms with van der Waals surface area (Å²) in [6.45, 7) is 7.91. The van der Waals surface area contributed by atoms with Gasteiger partial charge in [-0.1, -0.05) is 45.0 Å². The Kier molecular flexibility index (Phi) is 4.33. The maximum Gasteiger partial charge on any atom is 0.234 e. The van der Waals surface area contributed by atoms with Crippen molar-refractivity contribution in [3.8, 4) is 0 Å². The smallest absolute Gasteiger partial charge is 0.234 e. The lowest BCUT2D eigenvalue weighted by atomic mass is 9.86. The second-order valence-corrected chi connectivity index (χ2v) is 7.40. The highest BCUT2D eigenvalue weighted by Gasteiger charge is 2.36. The highest BCUT2D eigenvalue weighted by Crippen LogP contribution is 2.40. The van der Waals surface area contributed by atoms with Crippen molar-refractivity contribution >= 4 is 23.6 Å². The van der Waals surface area contributed by atoms with Gasteiger partial charge >= 0.3 is 0 Å². The lowest BCUT2D eigenvalue weighted by Crippen LogP contribution is -2.47. The Morgan fingerprint density at radius 1 is 1.33 bits per heavy atom. The van der Waals surface area contributed by atoms with Gasteiger partial charge in [-0.05, 0) is 23.5 Å². The molecule has 2 atom stereocenters. The van der Waals surface area contributed by atoms with Crippen LogP contribution in [-0.2, 0) is 15.0 Å². The van der Waals surface area contributed by atoms with Crippen molar-refractivity contribution in [1.29, 1.82) is 0 Å². The van der Waals surface area contributed by atoms with Crippen LogP contribution in [0.25, 0.3) is 0 Å². The quantitative estimate of drug-likeness (QED) is 0.853. The zero-order valence-electron chi connectivity index (χ0n) is 12.8. The van der Waals surface area contributed by atoms with Gasteiger partial charge in [0.25, 0.3) is 0 Å². The number of carboxylic acid groups (broad SMARTS) is 1. The number of benzene rings is 1. The second-order valence-electron chi connectivity index (χ2n) is 6.33. The summed E-state index contributed by atoms with van der Waals surface area (Å²) in [5, 5.41) is 10.8. The van der Waals surface area contributed by atoms with Crippen LogP contribution in [-0.4, -0.2) is 28.6 Å². The predicted octanol–water partition coefficient (Wildman–Crippen LogP) is 1.70. The lowest BCUT2D eigenvalue weighted by Gasteiger charge is -2.31. The van der Waals surface area contributed by atoms with E-state index in [2.05, 4.69) is 20.8 Å². The number of hydrogen-bond acceptors (Lipinski definition) is 4. The first-order valence-electron chi connectivity index (χ1n) is 6.96. The molecule has 0 saturated carbocycles. The number of amides is 1. The van der Waals surface area contributed by atoms with Gasteiger partial charge in [-0.25, -0.2) is 0 Å². The number of carboxylic acids is 1. The topological polar surface area (TPSA) is 60.4 Å². The van der Waals surface area contributed by atoms with Crippen LogP contribution in [0.2, 0.25) is 0 Å². The van der Waals surface area contributed by atoms with E-state index in [1.54, 1.807) is 0 Å². The van der Waals surface area contributed by atoms with Crippen LogP contribution < -0.4 is 5.11 Å². The minimum atomic E-state index is -1.22. The third kappa shape index (κ3) is 3.23. The number of carbonyl (C=O) groups excluding carboxylic acids is 2. The lowest BCUT2D eigenvalue weighted by molar-refractivity contribution is -0.310. The maximum atomic E-state index is 11.9. The molecule has 0 aliphatic carbocycles. The number of carbonyl (C=O) groups is 2. The van der Waals surface area contributed by atoms with E-state index in [-0.39, 0.29) is 16.7 Å². The summed E-state index contributed by atoms with van der Waals surface area (Å²) >= 11 is 1.46. The summed E-state index contributed by atoms with van der Waals surface area (Å²) in [6.07, 6.45) is 0. The molecule has 0 unspecified atom stereocenters. The molecule has 0 radical (unpaired) electrons. The van der Waals surface area contributed by atoms with Crippen molar-refractivity contribution in [2.45, 2.75) is 44.5 Å². The average Bonchev–Trinajstić information content (AvgIpc) is 2.78. The Morgan fingerprint density at radius 3 is 2.38 bits per heavy atom. The Balaban J connectivity index is 2.28. The number of thioether (sulfide) groups is 1. The largest absolute Gasteiger partial charge is 0.548 e. The van der Waals surface area contributed by atoms with Crippen molar-refractivity contribution in [2.75, 3.05) is 5.75 Å². The van der Waals surface area contributed by atoms with Gasteiger partial charge < -0.3 is 14.8 Å². The van der Waals surface area contributed by atoms with Crippen LogP contribution in [0, 0.1) is 0 Å². The van der Waals surface area contributed by atoms with Gasteiger partial charge in [0.15, 0.2) is 0 Å². The molecule has 1 fully saturated rings. The molecule has 114 valence electrons. The number of rotatable bonds is 3. The first-order valence-corrected chi connectivity index (χ1v) is 8.01. The number of nitrogens with zero attached hydrogens (tertiary/aromatic N) is 1. The van der Waals surface area contributed by atoms with E-state index >= 15 is 0 Å². The molecule has 1 aliphatic heterocycles. The summed E-state index contributed by atoms with van der Waals surface area (Å²) in [5.74, 6) is -1.06. The number of hydrogen-bond donors (Lipinski definition) is 0. The van der Waals surface area contributed by atoms with E-state index in [1.807, 2.05) is 24.3 Å². The van der Waals surface area contributed by atoms with E-state index in [9.17, 15) is 14.7 Å². The van der Waals surface area contributed by atoms with Gasteiger partial charge in [0.2, 0.25) is 5.91 Å². The van der Waals surface area contributed by atoms with Crippen LogP contribution in [0.4, 0.5) is 0 Å². The fourth-order valence-corrected chi connectivity index (χ4v) is 3.63. The third-order valence-electron chi connectivity index (χ3n) is 3.73. The van der Waals surface area contributed by atoms with Crippen LogP contribution in [0.5, 0.6) is 0 Å². The van der Waals surface area contributed by atoms with Crippen molar-refractivity contribution in [3.63, 3.8) is 0 Å². The Bertz CT molecular complexity index is 548. The first kappa shape index (κ1) is 15.9. The van der Waals surface area contributed by atoms with E-state index in [1.165, 1.54) is 29.1 Å².